The Bertz CT molecular complexity index is 284. The molecule has 0 amide bonds. The van der Waals surface area contributed by atoms with Gasteiger partial charge < -0.3 is 10.6 Å². The van der Waals surface area contributed by atoms with Gasteiger partial charge in [-0.1, -0.05) is 13.8 Å². The van der Waals surface area contributed by atoms with Gasteiger partial charge in [0.25, 0.3) is 0 Å². The van der Waals surface area contributed by atoms with Crippen molar-refractivity contribution in [2.24, 2.45) is 0 Å². The van der Waals surface area contributed by atoms with Crippen molar-refractivity contribution in [2.45, 2.75) is 46.2 Å². The van der Waals surface area contributed by atoms with Gasteiger partial charge in [0.05, 0.1) is 10.7 Å². The molecule has 0 aliphatic carbocycles. The molecule has 4 heteroatoms. The highest BCUT2D eigenvalue weighted by Gasteiger charge is 1.97. The minimum absolute atomic E-state index is 0.603. The summed E-state index contributed by atoms with van der Waals surface area (Å²) in [4.78, 5) is 4.41. The molecule has 3 nitrogen and oxygen atoms in total. The van der Waals surface area contributed by atoms with Crippen LogP contribution < -0.4 is 10.6 Å². The summed E-state index contributed by atoms with van der Waals surface area (Å²) in [5.74, 6) is 0. The number of aryl methyl sites for hydroxylation is 1. The maximum Gasteiger partial charge on any atom is 0.0897 e. The molecule has 0 radical (unpaired) electrons. The molecule has 0 aromatic carbocycles. The van der Waals surface area contributed by atoms with E-state index in [9.17, 15) is 0 Å². The Hall–Kier alpha value is -0.450. The zero-order chi connectivity index (χ0) is 11.8. The fraction of sp³-hybridized carbons (Fsp3) is 0.750. The Morgan fingerprint density at radius 3 is 2.69 bits per heavy atom. The number of thiazole rings is 1. The van der Waals surface area contributed by atoms with E-state index in [2.05, 4.69) is 34.8 Å². The third-order valence-electron chi connectivity index (χ3n) is 2.31. The first kappa shape index (κ1) is 13.6. The Morgan fingerprint density at radius 1 is 1.31 bits per heavy atom. The molecule has 1 aromatic rings. The average molecular weight is 241 g/mol. The fourth-order valence-corrected chi connectivity index (χ4v) is 2.08. The zero-order valence-electron chi connectivity index (χ0n) is 10.5. The molecule has 16 heavy (non-hydrogen) atoms. The summed E-state index contributed by atoms with van der Waals surface area (Å²) in [6.07, 6.45) is 2.46. The van der Waals surface area contributed by atoms with Crippen LogP contribution in [0.25, 0.3) is 0 Å². The quantitative estimate of drug-likeness (QED) is 0.686. The van der Waals surface area contributed by atoms with E-state index in [-0.39, 0.29) is 0 Å². The Kier molecular flexibility index (Phi) is 6.61. The van der Waals surface area contributed by atoms with E-state index < -0.39 is 0 Å². The summed E-state index contributed by atoms with van der Waals surface area (Å²) in [7, 11) is 0. The van der Waals surface area contributed by atoms with Crippen LogP contribution in [0.2, 0.25) is 0 Å². The van der Waals surface area contributed by atoms with Crippen molar-refractivity contribution in [2.75, 3.05) is 13.1 Å². The summed E-state index contributed by atoms with van der Waals surface area (Å²) in [6.45, 7) is 9.52. The van der Waals surface area contributed by atoms with Crippen LogP contribution in [-0.2, 0) is 6.54 Å². The van der Waals surface area contributed by atoms with Crippen LogP contribution in [0.5, 0.6) is 0 Å². The molecule has 92 valence electrons. The summed E-state index contributed by atoms with van der Waals surface area (Å²) in [6, 6.07) is 0.603. The van der Waals surface area contributed by atoms with Crippen LogP contribution >= 0.6 is 11.3 Å². The highest BCUT2D eigenvalue weighted by Crippen LogP contribution is 2.07. The monoisotopic (exact) mass is 241 g/mol. The third-order valence-corrected chi connectivity index (χ3v) is 3.13. The van der Waals surface area contributed by atoms with Gasteiger partial charge in [0, 0.05) is 18.0 Å². The minimum Gasteiger partial charge on any atom is -0.315 e. The van der Waals surface area contributed by atoms with Crippen LogP contribution in [0.3, 0.4) is 0 Å². The number of aromatic nitrogens is 1. The topological polar surface area (TPSA) is 37.0 Å². The second kappa shape index (κ2) is 7.76. The smallest absolute Gasteiger partial charge is 0.0897 e. The molecular weight excluding hydrogens is 218 g/mol. The lowest BCUT2D eigenvalue weighted by Gasteiger charge is -2.07. The molecule has 0 fully saturated rings. The molecule has 0 aliphatic rings. The summed E-state index contributed by atoms with van der Waals surface area (Å²) < 4.78 is 0. The molecule has 1 aromatic heterocycles. The van der Waals surface area contributed by atoms with Gasteiger partial charge in [-0.2, -0.15) is 0 Å². The molecule has 0 unspecified atom stereocenters. The normalized spacial score (nSPS) is 11.2. The lowest BCUT2D eigenvalue weighted by Crippen LogP contribution is -2.24. The highest BCUT2D eigenvalue weighted by atomic mass is 32.1. The fourth-order valence-electron chi connectivity index (χ4n) is 1.47. The third kappa shape index (κ3) is 6.20. The van der Waals surface area contributed by atoms with Gasteiger partial charge in [-0.05, 0) is 32.9 Å². The molecule has 0 atom stereocenters. The number of unbranched alkanes of at least 4 members (excludes halogenated alkanes) is 1. The van der Waals surface area contributed by atoms with Gasteiger partial charge in [0.1, 0.15) is 0 Å². The van der Waals surface area contributed by atoms with E-state index >= 15 is 0 Å². The zero-order valence-corrected chi connectivity index (χ0v) is 11.4. The van der Waals surface area contributed by atoms with Crippen molar-refractivity contribution < 1.29 is 0 Å². The summed E-state index contributed by atoms with van der Waals surface area (Å²) in [5.41, 5.74) is 1.17. The lowest BCUT2D eigenvalue weighted by molar-refractivity contribution is 0.540. The van der Waals surface area contributed by atoms with Gasteiger partial charge in [0.2, 0.25) is 0 Å². The van der Waals surface area contributed by atoms with E-state index in [1.165, 1.54) is 18.5 Å². The largest absolute Gasteiger partial charge is 0.315 e. The maximum atomic E-state index is 4.41. The molecule has 1 heterocycles. The van der Waals surface area contributed by atoms with Crippen LogP contribution in [0.4, 0.5) is 0 Å². The Balaban J connectivity index is 1.92. The minimum atomic E-state index is 0.603. The predicted octanol–water partition coefficient (Wildman–Crippen LogP) is 2.32. The molecule has 2 N–H and O–H groups in total. The Morgan fingerprint density at radius 2 is 2.06 bits per heavy atom. The first-order chi connectivity index (χ1) is 7.68. The molecular formula is C12H23N3S. The summed E-state index contributed by atoms with van der Waals surface area (Å²) >= 11 is 1.72. The number of rotatable bonds is 8. The van der Waals surface area contributed by atoms with E-state index in [1.54, 1.807) is 11.3 Å². The molecule has 0 spiro atoms. The van der Waals surface area contributed by atoms with Crippen molar-refractivity contribution in [3.05, 3.63) is 16.1 Å². The standard InChI is InChI=1S/C12H23N3S/c1-10(2)14-7-5-4-6-13-8-12-9-16-11(3)15-12/h9-10,13-14H,4-8H2,1-3H3. The molecule has 1 rings (SSSR count). The van der Waals surface area contributed by atoms with Gasteiger partial charge in [-0.25, -0.2) is 4.98 Å². The predicted molar refractivity (Wildman–Crippen MR) is 70.9 cm³/mol. The average Bonchev–Trinajstić information content (AvgIpc) is 2.62. The first-order valence-corrected chi connectivity index (χ1v) is 6.91. The van der Waals surface area contributed by atoms with Crippen molar-refractivity contribution >= 4 is 11.3 Å². The van der Waals surface area contributed by atoms with Crippen LogP contribution in [0.1, 0.15) is 37.4 Å². The van der Waals surface area contributed by atoms with Gasteiger partial charge in [-0.3, -0.25) is 0 Å². The molecule has 0 saturated heterocycles. The Labute approximate surface area is 103 Å². The lowest BCUT2D eigenvalue weighted by atomic mass is 10.3. The highest BCUT2D eigenvalue weighted by molar-refractivity contribution is 7.09. The van der Waals surface area contributed by atoms with Crippen molar-refractivity contribution in [1.82, 2.24) is 15.6 Å². The van der Waals surface area contributed by atoms with E-state index in [1.807, 2.05) is 6.92 Å². The SMILES string of the molecule is Cc1nc(CNCCCCNC(C)C)cs1. The van der Waals surface area contributed by atoms with Gasteiger partial charge in [-0.15, -0.1) is 11.3 Å². The van der Waals surface area contributed by atoms with E-state index in [0.29, 0.717) is 6.04 Å². The summed E-state index contributed by atoms with van der Waals surface area (Å²) in [5, 5.41) is 10.1. The number of hydrogen-bond acceptors (Lipinski definition) is 4. The molecule has 0 saturated carbocycles. The first-order valence-electron chi connectivity index (χ1n) is 6.03. The van der Waals surface area contributed by atoms with Crippen molar-refractivity contribution in [1.29, 1.82) is 0 Å². The van der Waals surface area contributed by atoms with Crippen LogP contribution in [-0.4, -0.2) is 24.1 Å². The number of nitrogens with zero attached hydrogens (tertiary/aromatic N) is 1. The maximum absolute atomic E-state index is 4.41. The number of nitrogens with one attached hydrogen (secondary N) is 2. The number of hydrogen-bond donors (Lipinski definition) is 2. The second-order valence-corrected chi connectivity index (χ2v) is 5.41. The van der Waals surface area contributed by atoms with E-state index in [0.717, 1.165) is 24.6 Å². The van der Waals surface area contributed by atoms with Crippen LogP contribution in [0, 0.1) is 6.92 Å². The molecule has 0 bridgehead atoms. The van der Waals surface area contributed by atoms with Crippen LogP contribution in [0.15, 0.2) is 5.38 Å². The van der Waals surface area contributed by atoms with E-state index in [4.69, 9.17) is 0 Å². The van der Waals surface area contributed by atoms with Crippen molar-refractivity contribution in [3.63, 3.8) is 0 Å². The second-order valence-electron chi connectivity index (χ2n) is 4.35. The van der Waals surface area contributed by atoms with Gasteiger partial charge >= 0.3 is 0 Å². The van der Waals surface area contributed by atoms with Gasteiger partial charge in [0.15, 0.2) is 0 Å². The molecule has 0 aliphatic heterocycles. The van der Waals surface area contributed by atoms with Crippen molar-refractivity contribution in [3.8, 4) is 0 Å².